The molecule has 0 saturated carbocycles. The maximum atomic E-state index is 13.0. The minimum Gasteiger partial charge on any atom is -0.339 e. The number of hydrogen-bond donors (Lipinski definition) is 3. The Bertz CT molecular complexity index is 914. The average Bonchev–Trinajstić information content (AvgIpc) is 2.79. The lowest BCUT2D eigenvalue weighted by atomic mass is 10.1. The molecular formula is C24H31FN4O3. The van der Waals surface area contributed by atoms with Crippen LogP contribution in [0.4, 0.5) is 14.9 Å². The van der Waals surface area contributed by atoms with E-state index >= 15 is 0 Å². The molecule has 0 bridgehead atoms. The molecule has 0 aliphatic carbocycles. The van der Waals surface area contributed by atoms with Crippen LogP contribution in [0.5, 0.6) is 0 Å². The van der Waals surface area contributed by atoms with Crippen molar-refractivity contribution in [3.05, 3.63) is 65.5 Å². The molecule has 2 aromatic carbocycles. The van der Waals surface area contributed by atoms with Crippen LogP contribution in [0.15, 0.2) is 48.5 Å². The highest BCUT2D eigenvalue weighted by atomic mass is 19.1. The number of nitrogens with one attached hydrogen (secondary N) is 3. The first-order valence-electron chi connectivity index (χ1n) is 10.9. The van der Waals surface area contributed by atoms with E-state index in [1.54, 1.807) is 41.3 Å². The van der Waals surface area contributed by atoms with E-state index in [0.29, 0.717) is 37.2 Å². The zero-order valence-corrected chi connectivity index (χ0v) is 18.8. The van der Waals surface area contributed by atoms with Gasteiger partial charge in [0.2, 0.25) is 5.91 Å². The summed E-state index contributed by atoms with van der Waals surface area (Å²) in [5.74, 6) is -0.813. The van der Waals surface area contributed by atoms with Crippen molar-refractivity contribution in [1.29, 1.82) is 0 Å². The third kappa shape index (κ3) is 7.37. The van der Waals surface area contributed by atoms with Gasteiger partial charge >= 0.3 is 6.03 Å². The first-order chi connectivity index (χ1) is 15.4. The zero-order valence-electron chi connectivity index (χ0n) is 18.8. The fourth-order valence-electron chi connectivity index (χ4n) is 3.20. The van der Waals surface area contributed by atoms with Crippen molar-refractivity contribution in [3.8, 4) is 0 Å². The lowest BCUT2D eigenvalue weighted by Gasteiger charge is -2.20. The van der Waals surface area contributed by atoms with Gasteiger partial charge in [0.1, 0.15) is 11.9 Å². The zero-order chi connectivity index (χ0) is 23.5. The van der Waals surface area contributed by atoms with E-state index in [4.69, 9.17) is 0 Å². The molecule has 172 valence electrons. The van der Waals surface area contributed by atoms with E-state index < -0.39 is 12.1 Å². The maximum Gasteiger partial charge on any atom is 0.315 e. The van der Waals surface area contributed by atoms with Gasteiger partial charge in [-0.2, -0.15) is 0 Å². The summed E-state index contributed by atoms with van der Waals surface area (Å²) in [6.45, 7) is 7.15. The maximum absolute atomic E-state index is 13.0. The van der Waals surface area contributed by atoms with Crippen molar-refractivity contribution in [2.45, 2.75) is 46.2 Å². The Labute approximate surface area is 188 Å². The van der Waals surface area contributed by atoms with E-state index in [0.717, 1.165) is 5.56 Å². The first-order valence-corrected chi connectivity index (χ1v) is 10.9. The van der Waals surface area contributed by atoms with E-state index in [2.05, 4.69) is 16.0 Å². The molecule has 32 heavy (non-hydrogen) atoms. The van der Waals surface area contributed by atoms with Crippen LogP contribution in [0, 0.1) is 5.82 Å². The number of nitrogens with zero attached hydrogens (tertiary/aromatic N) is 1. The number of anilines is 1. The predicted octanol–water partition coefficient (Wildman–Crippen LogP) is 3.91. The largest absolute Gasteiger partial charge is 0.339 e. The van der Waals surface area contributed by atoms with Crippen molar-refractivity contribution in [3.63, 3.8) is 0 Å². The highest BCUT2D eigenvalue weighted by molar-refractivity contribution is 5.99. The van der Waals surface area contributed by atoms with Gasteiger partial charge in [0.25, 0.3) is 5.91 Å². The van der Waals surface area contributed by atoms with Crippen LogP contribution in [-0.2, 0) is 11.3 Å². The number of rotatable bonds is 10. The number of urea groups is 1. The molecule has 0 aliphatic heterocycles. The van der Waals surface area contributed by atoms with Crippen molar-refractivity contribution in [1.82, 2.24) is 15.5 Å². The number of carbonyl (C=O) groups excluding carboxylic acids is 3. The van der Waals surface area contributed by atoms with E-state index in [1.807, 2.05) is 20.8 Å². The Morgan fingerprint density at radius 2 is 1.69 bits per heavy atom. The van der Waals surface area contributed by atoms with Crippen LogP contribution in [0.25, 0.3) is 0 Å². The summed E-state index contributed by atoms with van der Waals surface area (Å²) in [7, 11) is 0. The molecule has 0 fully saturated rings. The van der Waals surface area contributed by atoms with Crippen molar-refractivity contribution in [2.24, 2.45) is 0 Å². The second kappa shape index (κ2) is 12.4. The molecule has 8 heteroatoms. The fourth-order valence-corrected chi connectivity index (χ4v) is 3.20. The van der Waals surface area contributed by atoms with Gasteiger partial charge in [0.05, 0.1) is 0 Å². The summed E-state index contributed by atoms with van der Waals surface area (Å²) in [6, 6.07) is 11.3. The molecule has 0 radical (unpaired) electrons. The molecule has 1 unspecified atom stereocenters. The second-order valence-corrected chi connectivity index (χ2v) is 7.34. The third-order valence-electron chi connectivity index (χ3n) is 4.99. The van der Waals surface area contributed by atoms with Gasteiger partial charge in [0, 0.05) is 30.9 Å². The van der Waals surface area contributed by atoms with Crippen LogP contribution in [0.3, 0.4) is 0 Å². The molecule has 4 amide bonds. The SMILES string of the molecule is CCCC(NC(=O)NCc1ccc(F)cc1)C(=O)Nc1cccc(C(=O)N(CC)CC)c1. The molecule has 0 heterocycles. The average molecular weight is 443 g/mol. The molecule has 2 aromatic rings. The number of hydrogen-bond acceptors (Lipinski definition) is 3. The lowest BCUT2D eigenvalue weighted by Crippen LogP contribution is -2.47. The molecule has 0 spiro atoms. The Hall–Kier alpha value is -3.42. The van der Waals surface area contributed by atoms with Crippen LogP contribution in [-0.4, -0.2) is 41.9 Å². The number of amides is 4. The van der Waals surface area contributed by atoms with Crippen LogP contribution < -0.4 is 16.0 Å². The van der Waals surface area contributed by atoms with Crippen molar-refractivity contribution >= 4 is 23.5 Å². The molecule has 0 aliphatic rings. The van der Waals surface area contributed by atoms with Gasteiger partial charge in [-0.05, 0) is 56.2 Å². The fraction of sp³-hybridized carbons (Fsp3) is 0.375. The Kier molecular flexibility index (Phi) is 9.66. The first kappa shape index (κ1) is 24.8. The molecule has 0 saturated heterocycles. The van der Waals surface area contributed by atoms with Gasteiger partial charge < -0.3 is 20.9 Å². The van der Waals surface area contributed by atoms with E-state index in [1.165, 1.54) is 12.1 Å². The topological polar surface area (TPSA) is 90.5 Å². The summed E-state index contributed by atoms with van der Waals surface area (Å²) < 4.78 is 13.0. The molecular weight excluding hydrogens is 411 g/mol. The Morgan fingerprint density at radius 1 is 1.00 bits per heavy atom. The van der Waals surface area contributed by atoms with Crippen LogP contribution in [0.2, 0.25) is 0 Å². The highest BCUT2D eigenvalue weighted by Crippen LogP contribution is 2.14. The van der Waals surface area contributed by atoms with E-state index in [9.17, 15) is 18.8 Å². The summed E-state index contributed by atoms with van der Waals surface area (Å²) in [6.07, 6.45) is 1.14. The van der Waals surface area contributed by atoms with Crippen LogP contribution in [0.1, 0.15) is 49.5 Å². The van der Waals surface area contributed by atoms with Crippen LogP contribution >= 0.6 is 0 Å². The lowest BCUT2D eigenvalue weighted by molar-refractivity contribution is -0.118. The molecule has 2 rings (SSSR count). The minimum atomic E-state index is -0.740. The Morgan fingerprint density at radius 3 is 2.31 bits per heavy atom. The molecule has 3 N–H and O–H groups in total. The standard InChI is InChI=1S/C24H31FN4O3/c1-4-8-21(28-24(32)26-16-17-11-13-19(25)14-12-17)22(30)27-20-10-7-9-18(15-20)23(31)29(5-2)6-3/h7,9-15,21H,4-6,8,16H2,1-3H3,(H,27,30)(H2,26,28,32). The monoisotopic (exact) mass is 442 g/mol. The Balaban J connectivity index is 1.98. The molecule has 7 nitrogen and oxygen atoms in total. The predicted molar refractivity (Wildman–Crippen MR) is 123 cm³/mol. The van der Waals surface area contributed by atoms with Gasteiger partial charge in [-0.25, -0.2) is 9.18 Å². The third-order valence-corrected chi connectivity index (χ3v) is 4.99. The van der Waals surface area contributed by atoms with Gasteiger partial charge in [-0.15, -0.1) is 0 Å². The summed E-state index contributed by atoms with van der Waals surface area (Å²) in [4.78, 5) is 39.3. The molecule has 1 atom stereocenters. The minimum absolute atomic E-state index is 0.102. The normalized spacial score (nSPS) is 11.4. The van der Waals surface area contributed by atoms with Crippen molar-refractivity contribution < 1.29 is 18.8 Å². The summed E-state index contributed by atoms with van der Waals surface area (Å²) >= 11 is 0. The van der Waals surface area contributed by atoms with Gasteiger partial charge in [0.15, 0.2) is 0 Å². The number of carbonyl (C=O) groups is 3. The number of halogens is 1. The quantitative estimate of drug-likeness (QED) is 0.521. The van der Waals surface area contributed by atoms with Crippen molar-refractivity contribution in [2.75, 3.05) is 18.4 Å². The van der Waals surface area contributed by atoms with E-state index in [-0.39, 0.29) is 24.2 Å². The number of benzene rings is 2. The summed E-state index contributed by atoms with van der Waals surface area (Å²) in [5.41, 5.74) is 1.72. The second-order valence-electron chi connectivity index (χ2n) is 7.34. The highest BCUT2D eigenvalue weighted by Gasteiger charge is 2.21. The van der Waals surface area contributed by atoms with Gasteiger partial charge in [-0.3, -0.25) is 9.59 Å². The smallest absolute Gasteiger partial charge is 0.315 e. The summed E-state index contributed by atoms with van der Waals surface area (Å²) in [5, 5.41) is 8.14. The molecule has 0 aromatic heterocycles. The van der Waals surface area contributed by atoms with Gasteiger partial charge in [-0.1, -0.05) is 31.5 Å².